The molecule has 1 unspecified atom stereocenters. The monoisotopic (exact) mass is 416 g/mol. The van der Waals surface area contributed by atoms with Gasteiger partial charge in [0.05, 0.1) is 17.9 Å². The van der Waals surface area contributed by atoms with Gasteiger partial charge in [-0.1, -0.05) is 15.9 Å². The molecule has 5 N–H and O–H groups in total. The van der Waals surface area contributed by atoms with Gasteiger partial charge in [0.2, 0.25) is 10.0 Å². The predicted molar refractivity (Wildman–Crippen MR) is 79.2 cm³/mol. The summed E-state index contributed by atoms with van der Waals surface area (Å²) in [7, 11) is -3.90. The molecule has 0 fully saturated rings. The van der Waals surface area contributed by atoms with Crippen LogP contribution in [-0.4, -0.2) is 37.4 Å². The topological polar surface area (TPSA) is 113 Å². The Bertz CT molecular complexity index is 552. The van der Waals surface area contributed by atoms with Crippen molar-refractivity contribution in [2.75, 3.05) is 18.9 Å². The Morgan fingerprint density at radius 2 is 2.00 bits per heavy atom. The SMILES string of the molecule is CC(O)(CO)CNS(=O)(=O)c1c(N)cc(Br)cc1Br. The Morgan fingerprint density at radius 1 is 1.42 bits per heavy atom. The van der Waals surface area contributed by atoms with E-state index >= 15 is 0 Å². The minimum absolute atomic E-state index is 0.0670. The minimum atomic E-state index is -3.90. The van der Waals surface area contributed by atoms with Gasteiger partial charge in [0, 0.05) is 15.5 Å². The number of nitrogens with two attached hydrogens (primary N) is 1. The summed E-state index contributed by atoms with van der Waals surface area (Å²) in [6.07, 6.45) is 0. The normalized spacial score (nSPS) is 15.2. The van der Waals surface area contributed by atoms with Crippen LogP contribution in [0.4, 0.5) is 5.69 Å². The molecule has 0 amide bonds. The van der Waals surface area contributed by atoms with E-state index in [1.165, 1.54) is 13.0 Å². The summed E-state index contributed by atoms with van der Waals surface area (Å²) in [5, 5.41) is 18.5. The molecule has 0 aliphatic rings. The van der Waals surface area contributed by atoms with Gasteiger partial charge in [-0.3, -0.25) is 0 Å². The lowest BCUT2D eigenvalue weighted by Crippen LogP contribution is -2.43. The van der Waals surface area contributed by atoms with Crippen molar-refractivity contribution in [3.05, 3.63) is 21.1 Å². The van der Waals surface area contributed by atoms with Gasteiger partial charge in [-0.25, -0.2) is 13.1 Å². The Hall–Kier alpha value is -0.190. The number of rotatable bonds is 5. The third-order valence-corrected chi connectivity index (χ3v) is 5.15. The van der Waals surface area contributed by atoms with Crippen LogP contribution >= 0.6 is 31.9 Å². The third-order valence-electron chi connectivity index (χ3n) is 2.29. The van der Waals surface area contributed by atoms with E-state index < -0.39 is 22.2 Å². The molecule has 0 saturated heterocycles. The quantitative estimate of drug-likeness (QED) is 0.529. The second-order valence-electron chi connectivity index (χ2n) is 4.29. The summed E-state index contributed by atoms with van der Waals surface area (Å²) < 4.78 is 27.4. The highest BCUT2D eigenvalue weighted by molar-refractivity contribution is 9.11. The Morgan fingerprint density at radius 3 is 2.47 bits per heavy atom. The number of hydrogen-bond donors (Lipinski definition) is 4. The molecule has 1 aromatic carbocycles. The minimum Gasteiger partial charge on any atom is -0.398 e. The molecule has 0 heterocycles. The van der Waals surface area contributed by atoms with Crippen LogP contribution in [0.3, 0.4) is 0 Å². The maximum Gasteiger partial charge on any atom is 0.243 e. The van der Waals surface area contributed by atoms with Gasteiger partial charge in [0.25, 0.3) is 0 Å². The van der Waals surface area contributed by atoms with Crippen molar-refractivity contribution in [1.82, 2.24) is 4.72 Å². The molecular formula is C10H14Br2N2O4S. The molecule has 108 valence electrons. The zero-order valence-corrected chi connectivity index (χ0v) is 14.0. The fraction of sp³-hybridized carbons (Fsp3) is 0.400. The van der Waals surface area contributed by atoms with E-state index in [9.17, 15) is 13.5 Å². The number of aliphatic hydroxyl groups excluding tert-OH is 1. The van der Waals surface area contributed by atoms with Crippen LogP contribution < -0.4 is 10.5 Å². The van der Waals surface area contributed by atoms with E-state index in [-0.39, 0.29) is 17.1 Å². The number of sulfonamides is 1. The molecule has 9 heteroatoms. The molecule has 6 nitrogen and oxygen atoms in total. The fourth-order valence-corrected chi connectivity index (χ4v) is 4.47. The number of nitrogen functional groups attached to an aromatic ring is 1. The predicted octanol–water partition coefficient (Wildman–Crippen LogP) is 0.815. The van der Waals surface area contributed by atoms with Crippen LogP contribution in [0.5, 0.6) is 0 Å². The average molecular weight is 418 g/mol. The standard InChI is InChI=1S/C10H14Br2N2O4S/c1-10(16,5-15)4-14-19(17,18)9-7(12)2-6(11)3-8(9)13/h2-3,14-16H,4-5,13H2,1H3. The van der Waals surface area contributed by atoms with Crippen LogP contribution in [0.15, 0.2) is 26.0 Å². The van der Waals surface area contributed by atoms with Gasteiger partial charge >= 0.3 is 0 Å². The lowest BCUT2D eigenvalue weighted by Gasteiger charge is -2.21. The Labute approximate surface area is 128 Å². The molecule has 1 aromatic rings. The van der Waals surface area contributed by atoms with E-state index in [1.807, 2.05) is 0 Å². The summed E-state index contributed by atoms with van der Waals surface area (Å²) in [4.78, 5) is -0.107. The number of hydrogen-bond acceptors (Lipinski definition) is 5. The van der Waals surface area contributed by atoms with Crippen LogP contribution in [-0.2, 0) is 10.0 Å². The molecule has 19 heavy (non-hydrogen) atoms. The smallest absolute Gasteiger partial charge is 0.243 e. The molecule has 0 aromatic heterocycles. The molecule has 0 radical (unpaired) electrons. The largest absolute Gasteiger partial charge is 0.398 e. The van der Waals surface area contributed by atoms with Crippen molar-refractivity contribution in [2.24, 2.45) is 0 Å². The first-order valence-corrected chi connectivity index (χ1v) is 8.23. The zero-order chi connectivity index (χ0) is 14.8. The highest BCUT2D eigenvalue weighted by Gasteiger charge is 2.26. The van der Waals surface area contributed by atoms with Crippen molar-refractivity contribution in [2.45, 2.75) is 17.4 Å². The van der Waals surface area contributed by atoms with Crippen LogP contribution in [0.1, 0.15) is 6.92 Å². The fourth-order valence-electron chi connectivity index (χ4n) is 1.24. The van der Waals surface area contributed by atoms with Gasteiger partial charge in [0.15, 0.2) is 0 Å². The number of halogens is 2. The Kier molecular flexibility index (Phi) is 5.38. The lowest BCUT2D eigenvalue weighted by atomic mass is 10.1. The van der Waals surface area contributed by atoms with Crippen molar-refractivity contribution in [1.29, 1.82) is 0 Å². The van der Waals surface area contributed by atoms with Crippen molar-refractivity contribution < 1.29 is 18.6 Å². The molecular weight excluding hydrogens is 404 g/mol. The molecule has 1 rings (SSSR count). The summed E-state index contributed by atoms with van der Waals surface area (Å²) in [5.41, 5.74) is 4.22. The first kappa shape index (κ1) is 16.9. The van der Waals surface area contributed by atoms with E-state index in [0.717, 1.165) is 0 Å². The maximum atomic E-state index is 12.1. The number of aliphatic hydroxyl groups is 2. The highest BCUT2D eigenvalue weighted by Crippen LogP contribution is 2.31. The first-order chi connectivity index (χ1) is 8.59. The van der Waals surface area contributed by atoms with Crippen molar-refractivity contribution in [3.8, 4) is 0 Å². The van der Waals surface area contributed by atoms with E-state index in [2.05, 4.69) is 36.6 Å². The van der Waals surface area contributed by atoms with E-state index in [4.69, 9.17) is 10.8 Å². The van der Waals surface area contributed by atoms with Gasteiger partial charge < -0.3 is 15.9 Å². The summed E-state index contributed by atoms with van der Waals surface area (Å²) in [5.74, 6) is 0. The maximum absolute atomic E-state index is 12.1. The van der Waals surface area contributed by atoms with Gasteiger partial charge in [-0.2, -0.15) is 0 Å². The van der Waals surface area contributed by atoms with Crippen LogP contribution in [0.2, 0.25) is 0 Å². The molecule has 1 atom stereocenters. The van der Waals surface area contributed by atoms with E-state index in [0.29, 0.717) is 8.95 Å². The van der Waals surface area contributed by atoms with Crippen LogP contribution in [0.25, 0.3) is 0 Å². The highest BCUT2D eigenvalue weighted by atomic mass is 79.9. The average Bonchev–Trinajstić information content (AvgIpc) is 2.25. The Balaban J connectivity index is 3.09. The van der Waals surface area contributed by atoms with Gasteiger partial charge in [0.1, 0.15) is 4.90 Å². The molecule has 0 aliphatic heterocycles. The number of anilines is 1. The summed E-state index contributed by atoms with van der Waals surface area (Å²) in [6, 6.07) is 3.01. The second-order valence-corrected chi connectivity index (χ2v) is 7.76. The lowest BCUT2D eigenvalue weighted by molar-refractivity contribution is 0.00681. The molecule has 0 aliphatic carbocycles. The molecule has 0 saturated carbocycles. The van der Waals surface area contributed by atoms with Crippen molar-refractivity contribution in [3.63, 3.8) is 0 Å². The number of benzene rings is 1. The number of nitrogens with one attached hydrogen (secondary N) is 1. The van der Waals surface area contributed by atoms with Gasteiger partial charge in [-0.15, -0.1) is 0 Å². The van der Waals surface area contributed by atoms with E-state index in [1.54, 1.807) is 6.07 Å². The summed E-state index contributed by atoms with van der Waals surface area (Å²) >= 11 is 6.33. The van der Waals surface area contributed by atoms with Crippen molar-refractivity contribution >= 4 is 47.6 Å². The van der Waals surface area contributed by atoms with Gasteiger partial charge in [-0.05, 0) is 35.0 Å². The molecule has 0 spiro atoms. The zero-order valence-electron chi connectivity index (χ0n) is 10.0. The second kappa shape index (κ2) is 6.06. The van der Waals surface area contributed by atoms with Crippen LogP contribution in [0, 0.1) is 0 Å². The molecule has 0 bridgehead atoms. The third kappa shape index (κ3) is 4.40. The first-order valence-electron chi connectivity index (χ1n) is 5.16. The summed E-state index contributed by atoms with van der Waals surface area (Å²) in [6.45, 7) is 0.426.